The number of aliphatic hydroxyl groups is 1. The van der Waals surface area contributed by atoms with Gasteiger partial charge in [0.2, 0.25) is 5.89 Å². The van der Waals surface area contributed by atoms with E-state index in [0.717, 1.165) is 30.7 Å². The molecule has 1 aliphatic rings. The molecule has 112 valence electrons. The van der Waals surface area contributed by atoms with Crippen LogP contribution < -0.4 is 10.6 Å². The minimum Gasteiger partial charge on any atom is -0.444 e. The lowest BCUT2D eigenvalue weighted by Crippen LogP contribution is -2.48. The average Bonchev–Trinajstić information content (AvgIpc) is 2.92. The second-order valence-electron chi connectivity index (χ2n) is 5.83. The molecule has 0 aliphatic heterocycles. The van der Waals surface area contributed by atoms with Crippen LogP contribution in [0.25, 0.3) is 0 Å². The lowest BCUT2D eigenvalue weighted by molar-refractivity contribution is 0.121. The number of aromatic nitrogens is 1. The summed E-state index contributed by atoms with van der Waals surface area (Å²) in [4.78, 5) is 16.1. The first kappa shape index (κ1) is 14.8. The Morgan fingerprint density at radius 3 is 2.90 bits per heavy atom. The van der Waals surface area contributed by atoms with Crippen molar-refractivity contribution in [2.24, 2.45) is 5.41 Å². The molecule has 6 heteroatoms. The van der Waals surface area contributed by atoms with Gasteiger partial charge < -0.3 is 20.2 Å². The number of nitrogens with one attached hydrogen (secondary N) is 2. The Kier molecular flexibility index (Phi) is 4.32. The predicted molar refractivity (Wildman–Crippen MR) is 74.2 cm³/mol. The summed E-state index contributed by atoms with van der Waals surface area (Å²) < 4.78 is 5.40. The topological polar surface area (TPSA) is 87.4 Å². The third-order valence-corrected chi connectivity index (χ3v) is 4.22. The van der Waals surface area contributed by atoms with Crippen molar-refractivity contribution < 1.29 is 14.3 Å². The summed E-state index contributed by atoms with van der Waals surface area (Å²) in [6.07, 6.45) is 2.87. The summed E-state index contributed by atoms with van der Waals surface area (Å²) in [5, 5.41) is 15.1. The number of urea groups is 1. The van der Waals surface area contributed by atoms with Crippen molar-refractivity contribution in [3.8, 4) is 0 Å². The van der Waals surface area contributed by atoms with Crippen LogP contribution in [0.3, 0.4) is 0 Å². The van der Waals surface area contributed by atoms with E-state index in [-0.39, 0.29) is 30.6 Å². The van der Waals surface area contributed by atoms with Gasteiger partial charge in [-0.25, -0.2) is 9.78 Å². The summed E-state index contributed by atoms with van der Waals surface area (Å²) >= 11 is 0. The Balaban J connectivity index is 1.84. The van der Waals surface area contributed by atoms with Gasteiger partial charge in [0.25, 0.3) is 0 Å². The normalized spacial score (nSPS) is 25.7. The number of oxazole rings is 1. The van der Waals surface area contributed by atoms with Crippen molar-refractivity contribution in [3.05, 3.63) is 17.3 Å². The van der Waals surface area contributed by atoms with Crippen LogP contribution in [0.15, 0.2) is 4.42 Å². The number of carbonyl (C=O) groups excluding carboxylic acids is 1. The van der Waals surface area contributed by atoms with Gasteiger partial charge in [-0.05, 0) is 26.7 Å². The summed E-state index contributed by atoms with van der Waals surface area (Å²) in [6.45, 7) is 6.08. The zero-order valence-corrected chi connectivity index (χ0v) is 12.3. The predicted octanol–water partition coefficient (Wildman–Crippen LogP) is 1.64. The molecule has 1 aromatic rings. The molecular formula is C14H23N3O3. The maximum absolute atomic E-state index is 11.9. The smallest absolute Gasteiger partial charge is 0.315 e. The summed E-state index contributed by atoms with van der Waals surface area (Å²) in [5.74, 6) is 1.28. The van der Waals surface area contributed by atoms with Crippen LogP contribution >= 0.6 is 0 Å². The van der Waals surface area contributed by atoms with Gasteiger partial charge in [0.1, 0.15) is 5.76 Å². The van der Waals surface area contributed by atoms with Crippen LogP contribution in [0.4, 0.5) is 4.79 Å². The van der Waals surface area contributed by atoms with Crippen molar-refractivity contribution in [1.29, 1.82) is 0 Å². The molecule has 1 saturated carbocycles. The Hall–Kier alpha value is -1.56. The van der Waals surface area contributed by atoms with Crippen molar-refractivity contribution in [2.45, 2.75) is 52.6 Å². The van der Waals surface area contributed by atoms with E-state index in [1.807, 2.05) is 20.8 Å². The van der Waals surface area contributed by atoms with Crippen LogP contribution in [0.5, 0.6) is 0 Å². The molecule has 0 spiro atoms. The molecule has 1 aromatic heterocycles. The van der Waals surface area contributed by atoms with Gasteiger partial charge in [0.05, 0.1) is 18.8 Å². The van der Waals surface area contributed by atoms with Gasteiger partial charge in [-0.15, -0.1) is 0 Å². The fourth-order valence-electron chi connectivity index (χ4n) is 2.65. The minimum atomic E-state index is -0.245. The number of nitrogens with zero attached hydrogens (tertiary/aromatic N) is 1. The molecular weight excluding hydrogens is 258 g/mol. The maximum Gasteiger partial charge on any atom is 0.315 e. The highest BCUT2D eigenvalue weighted by atomic mass is 16.4. The zero-order chi connectivity index (χ0) is 14.8. The first-order chi connectivity index (χ1) is 9.44. The Morgan fingerprint density at radius 2 is 2.30 bits per heavy atom. The molecule has 1 fully saturated rings. The van der Waals surface area contributed by atoms with E-state index >= 15 is 0 Å². The van der Waals surface area contributed by atoms with E-state index in [1.54, 1.807) is 0 Å². The standard InChI is InChI=1S/C14H23N3O3/c1-9-10(2)20-12(16-9)7-15-13(19)17-11-5-4-6-14(11,3)8-18/h11,18H,4-8H2,1-3H3,(H2,15,17,19). The molecule has 0 saturated heterocycles. The summed E-state index contributed by atoms with van der Waals surface area (Å²) in [5.41, 5.74) is 0.624. The second kappa shape index (κ2) is 5.83. The third-order valence-electron chi connectivity index (χ3n) is 4.22. The van der Waals surface area contributed by atoms with Crippen molar-refractivity contribution >= 4 is 6.03 Å². The number of aliphatic hydroxyl groups excluding tert-OH is 1. The van der Waals surface area contributed by atoms with E-state index in [1.165, 1.54) is 0 Å². The lowest BCUT2D eigenvalue weighted by Gasteiger charge is -2.29. The molecule has 6 nitrogen and oxygen atoms in total. The number of hydrogen-bond acceptors (Lipinski definition) is 4. The van der Waals surface area contributed by atoms with E-state index in [9.17, 15) is 9.90 Å². The Bertz CT molecular complexity index is 467. The van der Waals surface area contributed by atoms with E-state index in [4.69, 9.17) is 4.42 Å². The number of carbonyl (C=O) groups is 1. The second-order valence-corrected chi connectivity index (χ2v) is 5.83. The lowest BCUT2D eigenvalue weighted by atomic mass is 9.86. The van der Waals surface area contributed by atoms with Gasteiger partial charge in [0.15, 0.2) is 0 Å². The first-order valence-electron chi connectivity index (χ1n) is 7.03. The molecule has 2 atom stereocenters. The summed E-state index contributed by atoms with van der Waals surface area (Å²) in [7, 11) is 0. The quantitative estimate of drug-likeness (QED) is 0.783. The average molecular weight is 281 g/mol. The largest absolute Gasteiger partial charge is 0.444 e. The van der Waals surface area contributed by atoms with Crippen LogP contribution in [0.2, 0.25) is 0 Å². The van der Waals surface area contributed by atoms with Crippen molar-refractivity contribution in [3.63, 3.8) is 0 Å². The molecule has 20 heavy (non-hydrogen) atoms. The van der Waals surface area contributed by atoms with Crippen molar-refractivity contribution in [2.75, 3.05) is 6.61 Å². The van der Waals surface area contributed by atoms with Gasteiger partial charge in [-0.2, -0.15) is 0 Å². The molecule has 0 aromatic carbocycles. The Morgan fingerprint density at radius 1 is 1.55 bits per heavy atom. The molecule has 2 rings (SSSR count). The molecule has 2 amide bonds. The van der Waals surface area contributed by atoms with Gasteiger partial charge >= 0.3 is 6.03 Å². The highest BCUT2D eigenvalue weighted by Crippen LogP contribution is 2.37. The van der Waals surface area contributed by atoms with Crippen LogP contribution in [0, 0.1) is 19.3 Å². The monoisotopic (exact) mass is 281 g/mol. The number of amides is 2. The zero-order valence-electron chi connectivity index (χ0n) is 12.3. The minimum absolute atomic E-state index is 0.0144. The van der Waals surface area contributed by atoms with Crippen LogP contribution in [-0.2, 0) is 6.54 Å². The number of rotatable bonds is 4. The summed E-state index contributed by atoms with van der Waals surface area (Å²) in [6, 6.07) is -0.231. The molecule has 1 heterocycles. The number of hydrogen-bond donors (Lipinski definition) is 3. The Labute approximate surface area is 119 Å². The maximum atomic E-state index is 11.9. The fraction of sp³-hybridized carbons (Fsp3) is 0.714. The van der Waals surface area contributed by atoms with Crippen molar-refractivity contribution in [1.82, 2.24) is 15.6 Å². The van der Waals surface area contributed by atoms with Crippen LogP contribution in [0.1, 0.15) is 43.5 Å². The number of aryl methyl sites for hydroxylation is 2. The van der Waals surface area contributed by atoms with Crippen LogP contribution in [-0.4, -0.2) is 28.8 Å². The van der Waals surface area contributed by atoms with E-state index < -0.39 is 0 Å². The third kappa shape index (κ3) is 3.12. The van der Waals surface area contributed by atoms with E-state index in [0.29, 0.717) is 5.89 Å². The highest BCUT2D eigenvalue weighted by Gasteiger charge is 2.39. The first-order valence-corrected chi connectivity index (χ1v) is 7.03. The van der Waals surface area contributed by atoms with Gasteiger partial charge in [-0.3, -0.25) is 0 Å². The van der Waals surface area contributed by atoms with Gasteiger partial charge in [-0.1, -0.05) is 13.3 Å². The molecule has 1 aliphatic carbocycles. The highest BCUT2D eigenvalue weighted by molar-refractivity contribution is 5.74. The molecule has 0 bridgehead atoms. The molecule has 0 radical (unpaired) electrons. The van der Waals surface area contributed by atoms with E-state index in [2.05, 4.69) is 15.6 Å². The van der Waals surface area contributed by atoms with Gasteiger partial charge in [0, 0.05) is 11.5 Å². The molecule has 3 N–H and O–H groups in total. The fourth-order valence-corrected chi connectivity index (χ4v) is 2.65. The molecule has 2 unspecified atom stereocenters. The SMILES string of the molecule is Cc1nc(CNC(=O)NC2CCCC2(C)CO)oc1C.